The first kappa shape index (κ1) is 55.7. The lowest BCUT2D eigenvalue weighted by Gasteiger charge is -2.28. The van der Waals surface area contributed by atoms with Crippen LogP contribution >= 0.6 is 31.9 Å². The first-order valence-corrected chi connectivity index (χ1v) is 23.6. The zero-order valence-electron chi connectivity index (χ0n) is 38.3. The molecule has 0 radical (unpaired) electrons. The Morgan fingerprint density at radius 2 is 1.12 bits per heavy atom. The lowest BCUT2D eigenvalue weighted by atomic mass is 10.1. The highest BCUT2D eigenvalue weighted by Gasteiger charge is 2.29. The Bertz CT molecular complexity index is 2500. The summed E-state index contributed by atoms with van der Waals surface area (Å²) >= 11 is 6.70. The third-order valence-electron chi connectivity index (χ3n) is 10.2. The number of hydrogen-bond acceptors (Lipinski definition) is 7. The van der Waals surface area contributed by atoms with Gasteiger partial charge in [0, 0.05) is 48.3 Å². The Kier molecular flexibility index (Phi) is 23.0. The number of aryl methyl sites for hydroxylation is 2. The summed E-state index contributed by atoms with van der Waals surface area (Å²) in [4.78, 5) is 29.2. The Hall–Kier alpha value is -5.93. The fourth-order valence-electron chi connectivity index (χ4n) is 6.67. The Morgan fingerprint density at radius 3 is 1.57 bits per heavy atom. The van der Waals surface area contributed by atoms with Gasteiger partial charge in [0.15, 0.2) is 0 Å². The molecule has 69 heavy (non-hydrogen) atoms. The largest absolute Gasteiger partial charge is 0.397 e. The van der Waals surface area contributed by atoms with Gasteiger partial charge in [-0.25, -0.2) is 4.79 Å². The molecule has 7 rings (SSSR count). The van der Waals surface area contributed by atoms with E-state index in [1.807, 2.05) is 111 Å². The fourth-order valence-corrected chi connectivity index (χ4v) is 7.41. The first-order chi connectivity index (χ1) is 32.9. The molecular formula is C53H55Br2F6N5O3. The molecule has 6 aromatic carbocycles. The number of carbonyl (C=O) groups excluding carboxylic acids is 2. The number of carbonyl (C=O) groups is 1. The molecule has 0 bridgehead atoms. The molecule has 1 fully saturated rings. The van der Waals surface area contributed by atoms with Gasteiger partial charge >= 0.3 is 12.4 Å². The number of ether oxygens (including phenoxy) is 1. The van der Waals surface area contributed by atoms with E-state index in [2.05, 4.69) is 42.2 Å². The second-order valence-corrected chi connectivity index (χ2v) is 17.8. The van der Waals surface area contributed by atoms with Crippen molar-refractivity contribution in [3.05, 3.63) is 182 Å². The van der Waals surface area contributed by atoms with Gasteiger partial charge in [-0.05, 0) is 91.9 Å². The minimum absolute atomic E-state index is 0.135. The van der Waals surface area contributed by atoms with Crippen molar-refractivity contribution in [3.8, 4) is 0 Å². The second kappa shape index (κ2) is 28.5. The molecule has 1 aliphatic heterocycles. The molecule has 0 atom stereocenters. The van der Waals surface area contributed by atoms with Gasteiger partial charge in [-0.2, -0.15) is 31.3 Å². The molecule has 366 valence electrons. The molecular weight excluding hydrogens is 1030 g/mol. The van der Waals surface area contributed by atoms with Crippen LogP contribution in [0.3, 0.4) is 0 Å². The number of anilines is 4. The summed E-state index contributed by atoms with van der Waals surface area (Å²) in [7, 11) is 0. The molecule has 0 unspecified atom stereocenters. The van der Waals surface area contributed by atoms with Gasteiger partial charge in [0.1, 0.15) is 0 Å². The van der Waals surface area contributed by atoms with E-state index in [4.69, 9.17) is 10.5 Å². The number of rotatable bonds is 14. The number of hydrogen-bond donors (Lipinski definition) is 2. The normalized spacial score (nSPS) is 11.9. The van der Waals surface area contributed by atoms with Gasteiger partial charge in [-0.15, -0.1) is 0 Å². The maximum absolute atomic E-state index is 13.0. The number of isocyanates is 1. The van der Waals surface area contributed by atoms with Gasteiger partial charge < -0.3 is 25.6 Å². The predicted molar refractivity (Wildman–Crippen MR) is 272 cm³/mol. The van der Waals surface area contributed by atoms with E-state index in [9.17, 15) is 35.9 Å². The Morgan fingerprint density at radius 1 is 0.652 bits per heavy atom. The van der Waals surface area contributed by atoms with E-state index in [0.717, 1.165) is 50.0 Å². The van der Waals surface area contributed by atoms with Crippen LogP contribution in [-0.2, 0) is 33.8 Å². The average Bonchev–Trinajstić information content (AvgIpc) is 3.90. The number of benzene rings is 6. The maximum atomic E-state index is 13.0. The SMILES string of the molecule is C1CCOC1.Cc1ccc(CC(=O)Nc2cc(Br)ccc2N(CCC(F)(F)F)Cc2ccccc2)cc1.Cc1ccc(N=C=O)cc1.Nc1cc(Br)ccc1N(CCC(F)(F)F)Cc1ccccc1. The summed E-state index contributed by atoms with van der Waals surface area (Å²) in [6.07, 6.45) is -6.10. The van der Waals surface area contributed by atoms with E-state index in [1.165, 1.54) is 18.9 Å². The van der Waals surface area contributed by atoms with Crippen LogP contribution in [0.2, 0.25) is 0 Å². The van der Waals surface area contributed by atoms with Gasteiger partial charge in [-0.3, -0.25) is 4.79 Å². The zero-order valence-corrected chi connectivity index (χ0v) is 41.5. The summed E-state index contributed by atoms with van der Waals surface area (Å²) in [6, 6.07) is 44.1. The van der Waals surface area contributed by atoms with Crippen molar-refractivity contribution >= 4 is 72.3 Å². The van der Waals surface area contributed by atoms with Crippen molar-refractivity contribution in [2.45, 2.75) is 71.4 Å². The maximum Gasteiger partial charge on any atom is 0.390 e. The summed E-state index contributed by atoms with van der Waals surface area (Å²) in [5.74, 6) is -0.233. The van der Waals surface area contributed by atoms with Crippen LogP contribution < -0.4 is 20.9 Å². The molecule has 0 saturated carbocycles. The van der Waals surface area contributed by atoms with Crippen molar-refractivity contribution < 1.29 is 40.7 Å². The number of nitrogens with two attached hydrogens (primary N) is 1. The Labute approximate surface area is 416 Å². The smallest absolute Gasteiger partial charge is 0.390 e. The number of halogens is 8. The van der Waals surface area contributed by atoms with Crippen molar-refractivity contribution in [2.75, 3.05) is 47.2 Å². The van der Waals surface area contributed by atoms with Crippen molar-refractivity contribution in [3.63, 3.8) is 0 Å². The predicted octanol–water partition coefficient (Wildman–Crippen LogP) is 14.6. The Balaban J connectivity index is 0.000000238. The van der Waals surface area contributed by atoms with E-state index in [1.54, 1.807) is 58.3 Å². The number of nitrogens with zero attached hydrogens (tertiary/aromatic N) is 3. The molecule has 6 aromatic rings. The molecule has 1 heterocycles. The van der Waals surface area contributed by atoms with E-state index in [-0.39, 0.29) is 25.4 Å². The quantitative estimate of drug-likeness (QED) is 0.0488. The molecule has 0 spiro atoms. The van der Waals surface area contributed by atoms with Gasteiger partial charge in [0.05, 0.1) is 47.7 Å². The van der Waals surface area contributed by atoms with E-state index in [0.29, 0.717) is 41.5 Å². The van der Waals surface area contributed by atoms with Crippen molar-refractivity contribution in [1.82, 2.24) is 0 Å². The highest BCUT2D eigenvalue weighted by Crippen LogP contribution is 2.33. The van der Waals surface area contributed by atoms with Crippen LogP contribution in [0.25, 0.3) is 0 Å². The third kappa shape index (κ3) is 22.4. The number of nitrogen functional groups attached to an aromatic ring is 1. The number of aliphatic imine (C=N–C) groups is 1. The molecule has 1 amide bonds. The number of nitrogens with one attached hydrogen (secondary N) is 1. The van der Waals surface area contributed by atoms with Crippen LogP contribution in [0.5, 0.6) is 0 Å². The number of alkyl halides is 6. The van der Waals surface area contributed by atoms with Gasteiger partial charge in [0.25, 0.3) is 0 Å². The van der Waals surface area contributed by atoms with Crippen LogP contribution in [0, 0.1) is 13.8 Å². The van der Waals surface area contributed by atoms with Gasteiger partial charge in [-0.1, -0.05) is 140 Å². The van der Waals surface area contributed by atoms with Crippen LogP contribution in [0.1, 0.15) is 53.5 Å². The molecule has 1 saturated heterocycles. The number of amides is 1. The van der Waals surface area contributed by atoms with E-state index >= 15 is 0 Å². The summed E-state index contributed by atoms with van der Waals surface area (Å²) < 4.78 is 83.2. The highest BCUT2D eigenvalue weighted by molar-refractivity contribution is 9.10. The lowest BCUT2D eigenvalue weighted by Crippen LogP contribution is -2.29. The molecule has 3 N–H and O–H groups in total. The standard InChI is InChI=1S/C25H24BrF3N2O.C16H16BrF3N2.C8H7NO.C4H8O/c1-18-7-9-19(10-8-18)15-24(32)30-22-16-21(26)11-12-23(22)31(14-13-25(27,28)29)17-20-5-3-2-4-6-20;17-13-6-7-15(14(21)10-13)22(9-8-16(18,19)20)11-12-4-2-1-3-5-12;1-7-2-4-8(5-3-7)9-6-10;1-2-4-5-3-1/h2-12,16H,13-15,17H2,1H3,(H,30,32);1-7,10H,8-9,11,21H2;2-5H,1H3;1-4H2. The second-order valence-electron chi connectivity index (χ2n) is 16.0. The summed E-state index contributed by atoms with van der Waals surface area (Å²) in [6.45, 7) is 6.27. The molecule has 16 heteroatoms. The lowest BCUT2D eigenvalue weighted by molar-refractivity contribution is -0.133. The van der Waals surface area contributed by atoms with Crippen LogP contribution in [0.15, 0.2) is 160 Å². The highest BCUT2D eigenvalue weighted by atomic mass is 79.9. The molecule has 0 aromatic heterocycles. The molecule has 1 aliphatic rings. The van der Waals surface area contributed by atoms with Crippen LogP contribution in [0.4, 0.5) is 54.8 Å². The third-order valence-corrected chi connectivity index (χ3v) is 11.2. The van der Waals surface area contributed by atoms with Crippen molar-refractivity contribution in [1.29, 1.82) is 0 Å². The zero-order chi connectivity index (χ0) is 50.2. The summed E-state index contributed by atoms with van der Waals surface area (Å²) in [5.41, 5.74) is 13.6. The molecule has 0 aliphatic carbocycles. The van der Waals surface area contributed by atoms with Crippen molar-refractivity contribution in [2.24, 2.45) is 4.99 Å². The minimum Gasteiger partial charge on any atom is -0.397 e. The topological polar surface area (TPSA) is 100 Å². The molecule has 8 nitrogen and oxygen atoms in total. The first-order valence-electron chi connectivity index (χ1n) is 22.0. The monoisotopic (exact) mass is 1080 g/mol. The van der Waals surface area contributed by atoms with Gasteiger partial charge in [0.2, 0.25) is 12.0 Å². The average molecular weight is 1080 g/mol. The minimum atomic E-state index is -4.28. The summed E-state index contributed by atoms with van der Waals surface area (Å²) in [5, 5.41) is 2.89. The fraction of sp³-hybridized carbons (Fsp3) is 0.283. The van der Waals surface area contributed by atoms with E-state index < -0.39 is 25.2 Å². The van der Waals surface area contributed by atoms with Crippen LogP contribution in [-0.4, -0.2) is 50.6 Å².